The van der Waals surface area contributed by atoms with Crippen molar-refractivity contribution in [3.8, 4) is 0 Å². The van der Waals surface area contributed by atoms with Crippen LogP contribution in [0.1, 0.15) is 12.8 Å². The Labute approximate surface area is 65.9 Å². The van der Waals surface area contributed by atoms with Gasteiger partial charge in [-0.05, 0) is 0 Å². The average Bonchev–Trinajstić information content (AvgIpc) is 2.52. The van der Waals surface area contributed by atoms with Crippen LogP contribution in [0.3, 0.4) is 0 Å². The number of rotatable bonds is 3. The first-order valence-corrected chi connectivity index (χ1v) is 3.76. The molecule has 0 radical (unpaired) electrons. The summed E-state index contributed by atoms with van der Waals surface area (Å²) in [6.45, 7) is 1.30. The zero-order chi connectivity index (χ0) is 8.10. The molecule has 0 spiro atoms. The third kappa shape index (κ3) is 2.86. The Balaban J connectivity index is 2.06. The van der Waals surface area contributed by atoms with E-state index in [1.54, 1.807) is 7.05 Å². The van der Waals surface area contributed by atoms with E-state index in [-0.39, 0.29) is 12.2 Å². The van der Waals surface area contributed by atoms with Crippen LogP contribution in [-0.2, 0) is 14.3 Å². The molecule has 0 aromatic rings. The van der Waals surface area contributed by atoms with E-state index in [1.807, 2.05) is 0 Å². The normalized spacial score (nSPS) is 18.6. The smallest absolute Gasteiger partial charge is 0.219 e. The van der Waals surface area contributed by atoms with E-state index in [0.29, 0.717) is 26.1 Å². The van der Waals surface area contributed by atoms with E-state index in [2.05, 4.69) is 5.32 Å². The number of hydrogen-bond acceptors (Lipinski definition) is 3. The fraction of sp³-hybridized carbons (Fsp3) is 0.857. The van der Waals surface area contributed by atoms with Gasteiger partial charge < -0.3 is 14.8 Å². The summed E-state index contributed by atoms with van der Waals surface area (Å²) < 4.78 is 10.3. The lowest BCUT2D eigenvalue weighted by Gasteiger charge is -2.06. The summed E-state index contributed by atoms with van der Waals surface area (Å²) in [5.41, 5.74) is 0. The molecule has 64 valence electrons. The van der Waals surface area contributed by atoms with Crippen molar-refractivity contribution in [3.05, 3.63) is 0 Å². The van der Waals surface area contributed by atoms with Crippen LogP contribution in [0.5, 0.6) is 0 Å². The van der Waals surface area contributed by atoms with Gasteiger partial charge in [-0.1, -0.05) is 0 Å². The lowest BCUT2D eigenvalue weighted by atomic mass is 10.3. The third-order valence-electron chi connectivity index (χ3n) is 1.58. The Morgan fingerprint density at radius 2 is 2.18 bits per heavy atom. The first-order valence-electron chi connectivity index (χ1n) is 3.76. The predicted octanol–water partition coefficient (Wildman–Crippen LogP) is -0.115. The van der Waals surface area contributed by atoms with Crippen molar-refractivity contribution in [1.29, 1.82) is 0 Å². The standard InChI is InChI=1S/C7H13NO3/c1-8-6(9)2-3-7-10-4-5-11-7/h7H,2-5H2,1H3,(H,8,9). The van der Waals surface area contributed by atoms with E-state index in [4.69, 9.17) is 9.47 Å². The summed E-state index contributed by atoms with van der Waals surface area (Å²) >= 11 is 0. The fourth-order valence-corrected chi connectivity index (χ4v) is 0.948. The summed E-state index contributed by atoms with van der Waals surface area (Å²) in [6.07, 6.45) is 0.966. The second kappa shape index (κ2) is 4.31. The lowest BCUT2D eigenvalue weighted by Crippen LogP contribution is -2.20. The summed E-state index contributed by atoms with van der Waals surface area (Å²) in [5.74, 6) is 0.0316. The molecule has 1 N–H and O–H groups in total. The Bertz CT molecular complexity index is 132. The highest BCUT2D eigenvalue weighted by Gasteiger charge is 2.16. The van der Waals surface area contributed by atoms with Crippen molar-refractivity contribution in [2.24, 2.45) is 0 Å². The van der Waals surface area contributed by atoms with E-state index in [1.165, 1.54) is 0 Å². The number of hydrogen-bond donors (Lipinski definition) is 1. The quantitative estimate of drug-likeness (QED) is 0.624. The Morgan fingerprint density at radius 1 is 1.55 bits per heavy atom. The first kappa shape index (κ1) is 8.49. The van der Waals surface area contributed by atoms with Gasteiger partial charge in [0.25, 0.3) is 0 Å². The van der Waals surface area contributed by atoms with E-state index in [0.717, 1.165) is 0 Å². The van der Waals surface area contributed by atoms with Gasteiger partial charge in [0.1, 0.15) is 0 Å². The van der Waals surface area contributed by atoms with E-state index >= 15 is 0 Å². The molecule has 0 atom stereocenters. The molecule has 4 nitrogen and oxygen atoms in total. The zero-order valence-electron chi connectivity index (χ0n) is 6.63. The van der Waals surface area contributed by atoms with Crippen LogP contribution in [0.25, 0.3) is 0 Å². The number of carbonyl (C=O) groups excluding carboxylic acids is 1. The largest absolute Gasteiger partial charge is 0.359 e. The van der Waals surface area contributed by atoms with Gasteiger partial charge in [-0.2, -0.15) is 0 Å². The van der Waals surface area contributed by atoms with Crippen LogP contribution >= 0.6 is 0 Å². The van der Waals surface area contributed by atoms with Gasteiger partial charge in [0.15, 0.2) is 6.29 Å². The maximum absolute atomic E-state index is 10.7. The molecule has 1 fully saturated rings. The number of amides is 1. The second-order valence-corrected chi connectivity index (χ2v) is 2.38. The van der Waals surface area contributed by atoms with Crippen LogP contribution < -0.4 is 5.32 Å². The van der Waals surface area contributed by atoms with E-state index in [9.17, 15) is 4.79 Å². The highest BCUT2D eigenvalue weighted by Crippen LogP contribution is 2.09. The lowest BCUT2D eigenvalue weighted by molar-refractivity contribution is -0.123. The predicted molar refractivity (Wildman–Crippen MR) is 39.0 cm³/mol. The molecule has 0 aromatic carbocycles. The number of ether oxygens (including phenoxy) is 2. The minimum atomic E-state index is -0.160. The molecule has 1 rings (SSSR count). The minimum absolute atomic E-state index is 0.0316. The minimum Gasteiger partial charge on any atom is -0.359 e. The van der Waals surface area contributed by atoms with Crippen LogP contribution in [0.15, 0.2) is 0 Å². The van der Waals surface area contributed by atoms with Crippen molar-refractivity contribution in [2.45, 2.75) is 19.1 Å². The van der Waals surface area contributed by atoms with Gasteiger partial charge >= 0.3 is 0 Å². The highest BCUT2D eigenvalue weighted by atomic mass is 16.7. The molecular weight excluding hydrogens is 146 g/mol. The molecule has 0 bridgehead atoms. The fourth-order valence-electron chi connectivity index (χ4n) is 0.948. The van der Waals surface area contributed by atoms with Gasteiger partial charge in [0, 0.05) is 19.9 Å². The molecule has 4 heteroatoms. The summed E-state index contributed by atoms with van der Waals surface area (Å²) in [6, 6.07) is 0. The second-order valence-electron chi connectivity index (χ2n) is 2.38. The van der Waals surface area contributed by atoms with Gasteiger partial charge in [-0.3, -0.25) is 4.79 Å². The Hall–Kier alpha value is -0.610. The molecule has 0 aliphatic carbocycles. The van der Waals surface area contributed by atoms with Gasteiger partial charge in [-0.15, -0.1) is 0 Å². The SMILES string of the molecule is CNC(=O)CCC1OCCO1. The first-order chi connectivity index (χ1) is 5.33. The monoisotopic (exact) mass is 159 g/mol. The third-order valence-corrected chi connectivity index (χ3v) is 1.58. The van der Waals surface area contributed by atoms with Crippen LogP contribution in [-0.4, -0.2) is 32.5 Å². The van der Waals surface area contributed by atoms with Crippen LogP contribution in [0.4, 0.5) is 0 Å². The molecule has 11 heavy (non-hydrogen) atoms. The molecule has 1 amide bonds. The van der Waals surface area contributed by atoms with Crippen LogP contribution in [0, 0.1) is 0 Å². The summed E-state index contributed by atoms with van der Waals surface area (Å²) in [7, 11) is 1.62. The average molecular weight is 159 g/mol. The number of nitrogens with one attached hydrogen (secondary N) is 1. The van der Waals surface area contributed by atoms with Crippen molar-refractivity contribution in [3.63, 3.8) is 0 Å². The molecule has 1 saturated heterocycles. The van der Waals surface area contributed by atoms with Crippen molar-refractivity contribution >= 4 is 5.91 Å². The molecule has 1 aliphatic heterocycles. The topological polar surface area (TPSA) is 47.6 Å². The molecule has 0 aromatic heterocycles. The zero-order valence-corrected chi connectivity index (χ0v) is 6.63. The van der Waals surface area contributed by atoms with Gasteiger partial charge in [0.05, 0.1) is 13.2 Å². The Morgan fingerprint density at radius 3 is 2.73 bits per heavy atom. The van der Waals surface area contributed by atoms with Gasteiger partial charge in [-0.25, -0.2) is 0 Å². The van der Waals surface area contributed by atoms with E-state index < -0.39 is 0 Å². The molecule has 1 aliphatic rings. The molecular formula is C7H13NO3. The van der Waals surface area contributed by atoms with Crippen molar-refractivity contribution in [2.75, 3.05) is 20.3 Å². The maximum atomic E-state index is 10.7. The van der Waals surface area contributed by atoms with Gasteiger partial charge in [0.2, 0.25) is 5.91 Å². The summed E-state index contributed by atoms with van der Waals surface area (Å²) in [4.78, 5) is 10.7. The molecule has 0 unspecified atom stereocenters. The number of carbonyl (C=O) groups is 1. The van der Waals surface area contributed by atoms with Crippen molar-refractivity contribution < 1.29 is 14.3 Å². The highest BCUT2D eigenvalue weighted by molar-refractivity contribution is 5.75. The summed E-state index contributed by atoms with van der Waals surface area (Å²) in [5, 5.41) is 2.54. The van der Waals surface area contributed by atoms with Crippen LogP contribution in [0.2, 0.25) is 0 Å². The molecule has 0 saturated carbocycles. The van der Waals surface area contributed by atoms with Crippen molar-refractivity contribution in [1.82, 2.24) is 5.32 Å². The molecule has 1 heterocycles. The maximum Gasteiger partial charge on any atom is 0.219 e. The Kier molecular flexibility index (Phi) is 3.32.